The van der Waals surface area contributed by atoms with Crippen LogP contribution in [0.15, 0.2) is 30.3 Å². The fourth-order valence-corrected chi connectivity index (χ4v) is 1.89. The Kier molecular flexibility index (Phi) is 5.86. The first-order valence-electron chi connectivity index (χ1n) is 5.88. The van der Waals surface area contributed by atoms with Gasteiger partial charge < -0.3 is 10.6 Å². The number of hydrogen-bond acceptors (Lipinski definition) is 1. The van der Waals surface area contributed by atoms with Crippen molar-refractivity contribution in [3.05, 3.63) is 30.3 Å². The highest BCUT2D eigenvalue weighted by Crippen LogP contribution is 2.06. The van der Waals surface area contributed by atoms with Gasteiger partial charge in [-0.2, -0.15) is 0 Å². The lowest BCUT2D eigenvalue weighted by Gasteiger charge is -2.18. The molecule has 16 heavy (non-hydrogen) atoms. The maximum atomic E-state index is 5.27. The Morgan fingerprint density at radius 2 is 1.94 bits per heavy atom. The lowest BCUT2D eigenvalue weighted by atomic mass is 10.1. The molecule has 0 spiro atoms. The van der Waals surface area contributed by atoms with E-state index in [9.17, 15) is 0 Å². The molecule has 0 aliphatic carbocycles. The van der Waals surface area contributed by atoms with Gasteiger partial charge in [-0.1, -0.05) is 38.5 Å². The average Bonchev–Trinajstić information content (AvgIpc) is 2.29. The van der Waals surface area contributed by atoms with Crippen LogP contribution in [0.25, 0.3) is 0 Å². The zero-order valence-electron chi connectivity index (χ0n) is 9.99. The molecular weight excluding hydrogens is 216 g/mol. The maximum absolute atomic E-state index is 5.27. The summed E-state index contributed by atoms with van der Waals surface area (Å²) in [7, 11) is 0. The second-order valence-electron chi connectivity index (χ2n) is 3.86. The van der Waals surface area contributed by atoms with E-state index in [1.807, 2.05) is 30.3 Å². The molecule has 0 saturated carbocycles. The van der Waals surface area contributed by atoms with E-state index in [1.54, 1.807) is 0 Å². The summed E-state index contributed by atoms with van der Waals surface area (Å²) in [4.78, 5) is 0. The van der Waals surface area contributed by atoms with Crippen molar-refractivity contribution in [2.45, 2.75) is 39.2 Å². The zero-order valence-corrected chi connectivity index (χ0v) is 10.8. The van der Waals surface area contributed by atoms with Crippen LogP contribution in [-0.2, 0) is 0 Å². The fourth-order valence-electron chi connectivity index (χ4n) is 1.60. The van der Waals surface area contributed by atoms with E-state index in [4.69, 9.17) is 12.2 Å². The SMILES string of the molecule is CCCC(CC)NC(=S)Nc1ccccc1. The summed E-state index contributed by atoms with van der Waals surface area (Å²) >= 11 is 5.27. The lowest BCUT2D eigenvalue weighted by Crippen LogP contribution is -2.37. The molecule has 2 N–H and O–H groups in total. The van der Waals surface area contributed by atoms with E-state index in [0.717, 1.165) is 18.5 Å². The predicted molar refractivity (Wildman–Crippen MR) is 74.8 cm³/mol. The van der Waals surface area contributed by atoms with E-state index < -0.39 is 0 Å². The molecule has 0 fully saturated rings. The molecule has 1 rings (SSSR count). The first kappa shape index (κ1) is 13.0. The second kappa shape index (κ2) is 7.23. The van der Waals surface area contributed by atoms with Crippen molar-refractivity contribution < 1.29 is 0 Å². The highest BCUT2D eigenvalue weighted by molar-refractivity contribution is 7.80. The molecule has 1 aromatic carbocycles. The number of rotatable bonds is 5. The van der Waals surface area contributed by atoms with Crippen LogP contribution >= 0.6 is 12.2 Å². The Labute approximate surface area is 103 Å². The molecule has 0 aliphatic heterocycles. The molecule has 1 aromatic rings. The zero-order chi connectivity index (χ0) is 11.8. The topological polar surface area (TPSA) is 24.1 Å². The van der Waals surface area contributed by atoms with Gasteiger partial charge in [-0.05, 0) is 37.2 Å². The number of anilines is 1. The third-order valence-corrected chi connectivity index (χ3v) is 2.72. The van der Waals surface area contributed by atoms with Crippen molar-refractivity contribution in [1.82, 2.24) is 5.32 Å². The smallest absolute Gasteiger partial charge is 0.170 e. The fraction of sp³-hybridized carbons (Fsp3) is 0.462. The van der Waals surface area contributed by atoms with Crippen molar-refractivity contribution >= 4 is 23.0 Å². The van der Waals surface area contributed by atoms with Gasteiger partial charge in [0, 0.05) is 11.7 Å². The summed E-state index contributed by atoms with van der Waals surface area (Å²) in [5.74, 6) is 0. The van der Waals surface area contributed by atoms with E-state index in [-0.39, 0.29) is 0 Å². The van der Waals surface area contributed by atoms with Crippen LogP contribution in [-0.4, -0.2) is 11.2 Å². The molecule has 1 unspecified atom stereocenters. The van der Waals surface area contributed by atoms with Crippen molar-refractivity contribution in [3.8, 4) is 0 Å². The molecule has 0 amide bonds. The summed E-state index contributed by atoms with van der Waals surface area (Å²) < 4.78 is 0. The van der Waals surface area contributed by atoms with E-state index >= 15 is 0 Å². The molecule has 0 heterocycles. The monoisotopic (exact) mass is 236 g/mol. The minimum absolute atomic E-state index is 0.480. The minimum atomic E-state index is 0.480. The number of para-hydroxylation sites is 1. The minimum Gasteiger partial charge on any atom is -0.360 e. The van der Waals surface area contributed by atoms with Crippen LogP contribution in [0.3, 0.4) is 0 Å². The molecule has 0 aliphatic rings. The van der Waals surface area contributed by atoms with Gasteiger partial charge >= 0.3 is 0 Å². The van der Waals surface area contributed by atoms with E-state index in [2.05, 4.69) is 24.5 Å². The molecule has 88 valence electrons. The molecule has 3 heteroatoms. The first-order chi connectivity index (χ1) is 7.76. The van der Waals surface area contributed by atoms with Gasteiger partial charge in [-0.15, -0.1) is 0 Å². The third kappa shape index (κ3) is 4.62. The van der Waals surface area contributed by atoms with Crippen LogP contribution in [0.4, 0.5) is 5.69 Å². The van der Waals surface area contributed by atoms with Gasteiger partial charge in [0.05, 0.1) is 0 Å². The van der Waals surface area contributed by atoms with Gasteiger partial charge in [0.2, 0.25) is 0 Å². The van der Waals surface area contributed by atoms with Crippen LogP contribution in [0.5, 0.6) is 0 Å². The molecule has 0 radical (unpaired) electrons. The molecule has 0 saturated heterocycles. The standard InChI is InChI=1S/C13H20N2S/c1-3-8-11(4-2)14-13(16)15-12-9-6-5-7-10-12/h5-7,9-11H,3-4,8H2,1-2H3,(H2,14,15,16). The summed E-state index contributed by atoms with van der Waals surface area (Å²) in [5.41, 5.74) is 1.03. The Bertz CT molecular complexity index is 311. The highest BCUT2D eigenvalue weighted by atomic mass is 32.1. The molecule has 0 bridgehead atoms. The van der Waals surface area contributed by atoms with Crippen molar-refractivity contribution in [1.29, 1.82) is 0 Å². The number of nitrogens with one attached hydrogen (secondary N) is 2. The summed E-state index contributed by atoms with van der Waals surface area (Å²) in [6, 6.07) is 10.5. The van der Waals surface area contributed by atoms with Gasteiger partial charge in [0.25, 0.3) is 0 Å². The predicted octanol–water partition coefficient (Wildman–Crippen LogP) is 3.55. The molecule has 1 atom stereocenters. The Morgan fingerprint density at radius 1 is 1.25 bits per heavy atom. The van der Waals surface area contributed by atoms with Gasteiger partial charge in [0.15, 0.2) is 5.11 Å². The van der Waals surface area contributed by atoms with E-state index in [1.165, 1.54) is 6.42 Å². The van der Waals surface area contributed by atoms with Crippen molar-refractivity contribution in [3.63, 3.8) is 0 Å². The maximum Gasteiger partial charge on any atom is 0.170 e. The average molecular weight is 236 g/mol. The van der Waals surface area contributed by atoms with Gasteiger partial charge in [0.1, 0.15) is 0 Å². The van der Waals surface area contributed by atoms with E-state index in [0.29, 0.717) is 11.2 Å². The van der Waals surface area contributed by atoms with Crippen molar-refractivity contribution in [2.24, 2.45) is 0 Å². The number of thiocarbonyl (C=S) groups is 1. The molecule has 0 aromatic heterocycles. The highest BCUT2D eigenvalue weighted by Gasteiger charge is 2.06. The lowest BCUT2D eigenvalue weighted by molar-refractivity contribution is 0.539. The summed E-state index contributed by atoms with van der Waals surface area (Å²) in [6.07, 6.45) is 3.44. The first-order valence-corrected chi connectivity index (χ1v) is 6.29. The molecular formula is C13H20N2S. The largest absolute Gasteiger partial charge is 0.360 e. The van der Waals surface area contributed by atoms with Gasteiger partial charge in [-0.3, -0.25) is 0 Å². The summed E-state index contributed by atoms with van der Waals surface area (Å²) in [5, 5.41) is 7.24. The third-order valence-electron chi connectivity index (χ3n) is 2.50. The Balaban J connectivity index is 2.41. The second-order valence-corrected chi connectivity index (χ2v) is 4.27. The molecule has 2 nitrogen and oxygen atoms in total. The quantitative estimate of drug-likeness (QED) is 0.765. The van der Waals surface area contributed by atoms with Crippen LogP contribution < -0.4 is 10.6 Å². The Hall–Kier alpha value is -1.09. The number of benzene rings is 1. The van der Waals surface area contributed by atoms with Gasteiger partial charge in [-0.25, -0.2) is 0 Å². The summed E-state index contributed by atoms with van der Waals surface area (Å²) in [6.45, 7) is 4.37. The van der Waals surface area contributed by atoms with Crippen LogP contribution in [0.2, 0.25) is 0 Å². The van der Waals surface area contributed by atoms with Crippen molar-refractivity contribution in [2.75, 3.05) is 5.32 Å². The normalized spacial score (nSPS) is 11.9. The van der Waals surface area contributed by atoms with Crippen LogP contribution in [0, 0.1) is 0 Å². The van der Waals surface area contributed by atoms with Crippen LogP contribution in [0.1, 0.15) is 33.1 Å². The number of hydrogen-bond donors (Lipinski definition) is 2. The Morgan fingerprint density at radius 3 is 2.50 bits per heavy atom.